The highest BCUT2D eigenvalue weighted by molar-refractivity contribution is 5.05. The molecule has 0 unspecified atom stereocenters. The van der Waals surface area contributed by atoms with Crippen molar-refractivity contribution in [3.05, 3.63) is 0 Å². The molecule has 0 aliphatic heterocycles. The summed E-state index contributed by atoms with van der Waals surface area (Å²) in [4.78, 5) is 0. The first-order valence-electron chi connectivity index (χ1n) is 5.50. The highest BCUT2D eigenvalue weighted by atomic mass is 19.1. The number of nitrogens with one attached hydrogen (secondary N) is 1. The summed E-state index contributed by atoms with van der Waals surface area (Å²) >= 11 is 0. The van der Waals surface area contributed by atoms with Gasteiger partial charge in [-0.1, -0.05) is 13.8 Å². The first-order valence-corrected chi connectivity index (χ1v) is 5.50. The third-order valence-electron chi connectivity index (χ3n) is 3.75. The predicted molar refractivity (Wildman–Crippen MR) is 52.5 cm³/mol. The van der Waals surface area contributed by atoms with E-state index in [0.29, 0.717) is 11.6 Å². The van der Waals surface area contributed by atoms with Gasteiger partial charge in [0.05, 0.1) is 0 Å². The molecule has 0 heterocycles. The number of halogens is 1. The van der Waals surface area contributed by atoms with Gasteiger partial charge in [-0.05, 0) is 38.5 Å². The van der Waals surface area contributed by atoms with Gasteiger partial charge in [0.25, 0.3) is 0 Å². The summed E-state index contributed by atoms with van der Waals surface area (Å²) in [6, 6.07) is 0.533. The summed E-state index contributed by atoms with van der Waals surface area (Å²) in [6.07, 6.45) is 5.48. The molecule has 0 aromatic rings. The van der Waals surface area contributed by atoms with Crippen LogP contribution in [0, 0.1) is 0 Å². The van der Waals surface area contributed by atoms with E-state index in [4.69, 9.17) is 0 Å². The maximum atomic E-state index is 13.8. The van der Waals surface area contributed by atoms with Crippen LogP contribution in [0.2, 0.25) is 0 Å². The molecular weight excluding hydrogens is 165 g/mol. The van der Waals surface area contributed by atoms with E-state index in [2.05, 4.69) is 19.2 Å². The SMILES string of the molecule is CC(C)NC12CCC(F)(CC1)CC2. The van der Waals surface area contributed by atoms with Gasteiger partial charge in [-0.3, -0.25) is 0 Å². The Morgan fingerprint density at radius 2 is 1.46 bits per heavy atom. The van der Waals surface area contributed by atoms with E-state index in [9.17, 15) is 4.39 Å². The van der Waals surface area contributed by atoms with Crippen molar-refractivity contribution in [1.29, 1.82) is 0 Å². The molecule has 0 amide bonds. The van der Waals surface area contributed by atoms with E-state index in [1.807, 2.05) is 0 Å². The molecule has 13 heavy (non-hydrogen) atoms. The first kappa shape index (κ1) is 9.45. The van der Waals surface area contributed by atoms with Gasteiger partial charge in [0, 0.05) is 11.6 Å². The summed E-state index contributed by atoms with van der Waals surface area (Å²) < 4.78 is 13.8. The molecule has 2 bridgehead atoms. The molecule has 1 N–H and O–H groups in total. The second kappa shape index (κ2) is 2.94. The fourth-order valence-electron chi connectivity index (χ4n) is 2.97. The third-order valence-corrected chi connectivity index (χ3v) is 3.75. The van der Waals surface area contributed by atoms with Crippen LogP contribution in [0.5, 0.6) is 0 Å². The van der Waals surface area contributed by atoms with Gasteiger partial charge < -0.3 is 5.32 Å². The Bertz CT molecular complexity index is 176. The minimum atomic E-state index is -0.791. The summed E-state index contributed by atoms with van der Waals surface area (Å²) in [7, 11) is 0. The lowest BCUT2D eigenvalue weighted by molar-refractivity contribution is -0.0112. The molecule has 0 aromatic heterocycles. The second-order valence-electron chi connectivity index (χ2n) is 5.23. The second-order valence-corrected chi connectivity index (χ2v) is 5.23. The Kier molecular flexibility index (Phi) is 2.14. The number of alkyl halides is 1. The molecule has 2 heteroatoms. The topological polar surface area (TPSA) is 12.0 Å². The van der Waals surface area contributed by atoms with Gasteiger partial charge in [0.15, 0.2) is 0 Å². The Morgan fingerprint density at radius 3 is 1.85 bits per heavy atom. The zero-order valence-corrected chi connectivity index (χ0v) is 8.70. The summed E-state index contributed by atoms with van der Waals surface area (Å²) in [5.41, 5.74) is -0.498. The lowest BCUT2D eigenvalue weighted by Crippen LogP contribution is -2.57. The number of rotatable bonds is 2. The Morgan fingerprint density at radius 1 is 1.00 bits per heavy atom. The standard InChI is InChI=1S/C11H20FN/c1-9(2)13-11-6-3-10(12,4-7-11)5-8-11/h9,13H,3-8H2,1-2H3. The zero-order chi connectivity index (χ0) is 9.53. The van der Waals surface area contributed by atoms with E-state index < -0.39 is 5.67 Å². The van der Waals surface area contributed by atoms with Crippen LogP contribution in [0.1, 0.15) is 52.4 Å². The van der Waals surface area contributed by atoms with E-state index in [0.717, 1.165) is 38.5 Å². The number of hydrogen-bond donors (Lipinski definition) is 1. The van der Waals surface area contributed by atoms with Crippen molar-refractivity contribution < 1.29 is 4.39 Å². The normalized spacial score (nSPS) is 44.3. The van der Waals surface area contributed by atoms with Crippen LogP contribution in [0.25, 0.3) is 0 Å². The molecule has 3 saturated carbocycles. The highest BCUT2D eigenvalue weighted by Crippen LogP contribution is 2.49. The van der Waals surface area contributed by atoms with Gasteiger partial charge in [0.1, 0.15) is 5.67 Å². The van der Waals surface area contributed by atoms with Gasteiger partial charge in [-0.2, -0.15) is 0 Å². The molecule has 76 valence electrons. The lowest BCUT2D eigenvalue weighted by atomic mass is 9.64. The van der Waals surface area contributed by atoms with Crippen molar-refractivity contribution >= 4 is 0 Å². The summed E-state index contributed by atoms with van der Waals surface area (Å²) in [5, 5.41) is 3.63. The van der Waals surface area contributed by atoms with E-state index in [-0.39, 0.29) is 0 Å². The molecule has 3 fully saturated rings. The average molecular weight is 185 g/mol. The highest BCUT2D eigenvalue weighted by Gasteiger charge is 2.48. The van der Waals surface area contributed by atoms with Crippen molar-refractivity contribution in [2.45, 2.75) is 69.6 Å². The van der Waals surface area contributed by atoms with Gasteiger partial charge in [0.2, 0.25) is 0 Å². The van der Waals surface area contributed by atoms with Crippen LogP contribution < -0.4 is 5.32 Å². The smallest absolute Gasteiger partial charge is 0.111 e. The fourth-order valence-corrected chi connectivity index (χ4v) is 2.97. The summed E-state index contributed by atoms with van der Waals surface area (Å²) in [6.45, 7) is 4.36. The van der Waals surface area contributed by atoms with Gasteiger partial charge >= 0.3 is 0 Å². The Balaban J connectivity index is 2.03. The molecule has 1 nitrogen and oxygen atoms in total. The molecule has 0 atom stereocenters. The van der Waals surface area contributed by atoms with Crippen molar-refractivity contribution in [3.8, 4) is 0 Å². The van der Waals surface area contributed by atoms with Crippen LogP contribution in [0.4, 0.5) is 4.39 Å². The monoisotopic (exact) mass is 185 g/mol. The third kappa shape index (κ3) is 1.74. The average Bonchev–Trinajstić information content (AvgIpc) is 2.07. The molecule has 3 aliphatic carbocycles. The molecule has 3 aliphatic rings. The Labute approximate surface area is 80.1 Å². The van der Waals surface area contributed by atoms with Crippen molar-refractivity contribution in [1.82, 2.24) is 5.32 Å². The van der Waals surface area contributed by atoms with Crippen LogP contribution in [0.3, 0.4) is 0 Å². The van der Waals surface area contributed by atoms with Gasteiger partial charge in [-0.25, -0.2) is 4.39 Å². The molecule has 0 radical (unpaired) electrons. The molecule has 0 aromatic carbocycles. The van der Waals surface area contributed by atoms with Crippen molar-refractivity contribution in [2.75, 3.05) is 0 Å². The minimum absolute atomic E-state index is 0.294. The zero-order valence-electron chi connectivity index (χ0n) is 8.70. The maximum Gasteiger partial charge on any atom is 0.111 e. The van der Waals surface area contributed by atoms with Crippen LogP contribution >= 0.6 is 0 Å². The minimum Gasteiger partial charge on any atom is -0.309 e. The number of fused-ring (bicyclic) bond motifs is 3. The van der Waals surface area contributed by atoms with E-state index in [1.165, 1.54) is 0 Å². The maximum absolute atomic E-state index is 13.8. The van der Waals surface area contributed by atoms with E-state index in [1.54, 1.807) is 0 Å². The van der Waals surface area contributed by atoms with Crippen LogP contribution in [-0.2, 0) is 0 Å². The quantitative estimate of drug-likeness (QED) is 0.697. The predicted octanol–water partition coefficient (Wildman–Crippen LogP) is 2.80. The van der Waals surface area contributed by atoms with Crippen LogP contribution in [-0.4, -0.2) is 17.2 Å². The van der Waals surface area contributed by atoms with Gasteiger partial charge in [-0.15, -0.1) is 0 Å². The van der Waals surface area contributed by atoms with Crippen LogP contribution in [0.15, 0.2) is 0 Å². The molecule has 0 spiro atoms. The molecule has 0 saturated heterocycles. The van der Waals surface area contributed by atoms with Crippen molar-refractivity contribution in [3.63, 3.8) is 0 Å². The molecule has 3 rings (SSSR count). The summed E-state index contributed by atoms with van der Waals surface area (Å²) in [5.74, 6) is 0. The van der Waals surface area contributed by atoms with E-state index >= 15 is 0 Å². The lowest BCUT2D eigenvalue weighted by Gasteiger charge is -2.51. The van der Waals surface area contributed by atoms with Crippen molar-refractivity contribution in [2.24, 2.45) is 0 Å². The largest absolute Gasteiger partial charge is 0.309 e. The number of hydrogen-bond acceptors (Lipinski definition) is 1. The Hall–Kier alpha value is -0.110. The first-order chi connectivity index (χ1) is 6.04. The fraction of sp³-hybridized carbons (Fsp3) is 1.00. The molecular formula is C11H20FN.